The molecule has 0 nitrogen and oxygen atoms in total. The highest BCUT2D eigenvalue weighted by Crippen LogP contribution is 2.53. The van der Waals surface area contributed by atoms with E-state index in [0.29, 0.717) is 5.41 Å². The molecule has 3 atom stereocenters. The highest BCUT2D eigenvalue weighted by atomic mass is 14.5. The minimum Gasteiger partial charge on any atom is -0.0996 e. The molecule has 0 aromatic rings. The Morgan fingerprint density at radius 2 is 2.08 bits per heavy atom. The van der Waals surface area contributed by atoms with Crippen LogP contribution in [0.2, 0.25) is 0 Å². The summed E-state index contributed by atoms with van der Waals surface area (Å²) in [6.07, 6.45) is 8.53. The van der Waals surface area contributed by atoms with Gasteiger partial charge in [0.1, 0.15) is 0 Å². The van der Waals surface area contributed by atoms with Crippen LogP contribution in [-0.4, -0.2) is 0 Å². The van der Waals surface area contributed by atoms with Crippen molar-refractivity contribution in [3.8, 4) is 0 Å². The van der Waals surface area contributed by atoms with Crippen molar-refractivity contribution in [2.24, 2.45) is 17.3 Å². The van der Waals surface area contributed by atoms with Gasteiger partial charge in [-0.1, -0.05) is 38.8 Å². The summed E-state index contributed by atoms with van der Waals surface area (Å²) in [5.74, 6) is 1.74. The first kappa shape index (κ1) is 9.30. The fraction of sp³-hybridized carbons (Fsp3) is 0.846. The summed E-state index contributed by atoms with van der Waals surface area (Å²) in [5.41, 5.74) is 2.18. The summed E-state index contributed by atoms with van der Waals surface area (Å²) < 4.78 is 0. The van der Waals surface area contributed by atoms with Gasteiger partial charge in [0.2, 0.25) is 0 Å². The summed E-state index contributed by atoms with van der Waals surface area (Å²) in [5, 5.41) is 0. The van der Waals surface area contributed by atoms with Crippen molar-refractivity contribution in [3.05, 3.63) is 12.2 Å². The van der Waals surface area contributed by atoms with E-state index in [1.165, 1.54) is 44.1 Å². The maximum absolute atomic E-state index is 4.22. The molecule has 0 radical (unpaired) electrons. The van der Waals surface area contributed by atoms with E-state index < -0.39 is 0 Å². The highest BCUT2D eigenvalue weighted by Gasteiger charge is 2.42. The largest absolute Gasteiger partial charge is 0.0996 e. The molecule has 0 heteroatoms. The van der Waals surface area contributed by atoms with Gasteiger partial charge in [0.05, 0.1) is 0 Å². The van der Waals surface area contributed by atoms with Crippen molar-refractivity contribution < 1.29 is 0 Å². The minimum absolute atomic E-state index is 0.666. The lowest BCUT2D eigenvalue weighted by Crippen LogP contribution is -2.39. The SMILES string of the molecule is C=C1CCC2(C)CCCCC2C1C. The molecule has 0 aliphatic heterocycles. The molecule has 0 heterocycles. The number of fused-ring (bicyclic) bond motifs is 1. The van der Waals surface area contributed by atoms with Gasteiger partial charge in [-0.05, 0) is 42.9 Å². The summed E-state index contributed by atoms with van der Waals surface area (Å²) in [6.45, 7) is 9.13. The van der Waals surface area contributed by atoms with Gasteiger partial charge in [-0.15, -0.1) is 0 Å². The van der Waals surface area contributed by atoms with Crippen LogP contribution in [0.5, 0.6) is 0 Å². The van der Waals surface area contributed by atoms with Crippen LogP contribution in [0.3, 0.4) is 0 Å². The van der Waals surface area contributed by atoms with E-state index in [1.54, 1.807) is 0 Å². The fourth-order valence-corrected chi connectivity index (χ4v) is 3.55. The van der Waals surface area contributed by atoms with Crippen LogP contribution in [0.4, 0.5) is 0 Å². The van der Waals surface area contributed by atoms with Crippen molar-refractivity contribution in [1.29, 1.82) is 0 Å². The minimum atomic E-state index is 0.666. The fourth-order valence-electron chi connectivity index (χ4n) is 3.55. The first-order valence-corrected chi connectivity index (χ1v) is 5.81. The van der Waals surface area contributed by atoms with E-state index in [2.05, 4.69) is 20.4 Å². The molecule has 0 saturated heterocycles. The van der Waals surface area contributed by atoms with E-state index in [1.807, 2.05) is 0 Å². The molecule has 0 N–H and O–H groups in total. The summed E-state index contributed by atoms with van der Waals surface area (Å²) >= 11 is 0. The van der Waals surface area contributed by atoms with Crippen LogP contribution in [-0.2, 0) is 0 Å². The Morgan fingerprint density at radius 1 is 1.31 bits per heavy atom. The van der Waals surface area contributed by atoms with E-state index in [4.69, 9.17) is 0 Å². The van der Waals surface area contributed by atoms with Gasteiger partial charge in [0, 0.05) is 0 Å². The van der Waals surface area contributed by atoms with E-state index in [9.17, 15) is 0 Å². The molecule has 0 bridgehead atoms. The quantitative estimate of drug-likeness (QED) is 0.488. The van der Waals surface area contributed by atoms with Crippen molar-refractivity contribution in [1.82, 2.24) is 0 Å². The lowest BCUT2D eigenvalue weighted by molar-refractivity contribution is 0.0504. The Hall–Kier alpha value is -0.260. The molecule has 2 saturated carbocycles. The number of allylic oxidation sites excluding steroid dienone is 1. The lowest BCUT2D eigenvalue weighted by atomic mass is 9.56. The topological polar surface area (TPSA) is 0 Å². The number of rotatable bonds is 0. The normalized spacial score (nSPS) is 45.8. The molecule has 3 unspecified atom stereocenters. The van der Waals surface area contributed by atoms with Gasteiger partial charge in [-0.2, -0.15) is 0 Å². The standard InChI is InChI=1S/C13H22/c1-10-7-9-13(3)8-5-4-6-12(13)11(10)2/h11-12H,1,4-9H2,2-3H3. The smallest absolute Gasteiger partial charge is 0.0201 e. The molecule has 0 aromatic carbocycles. The van der Waals surface area contributed by atoms with E-state index in [0.717, 1.165) is 11.8 Å². The second kappa shape index (κ2) is 3.15. The lowest BCUT2D eigenvalue weighted by Gasteiger charge is -2.49. The molecule has 2 aliphatic carbocycles. The second-order valence-electron chi connectivity index (χ2n) is 5.45. The number of hydrogen-bond donors (Lipinski definition) is 0. The summed E-state index contributed by atoms with van der Waals surface area (Å²) in [6, 6.07) is 0. The predicted octanol–water partition coefficient (Wildman–Crippen LogP) is 4.17. The monoisotopic (exact) mass is 178 g/mol. The zero-order chi connectivity index (χ0) is 9.47. The second-order valence-corrected chi connectivity index (χ2v) is 5.45. The maximum atomic E-state index is 4.22. The summed E-state index contributed by atoms with van der Waals surface area (Å²) in [7, 11) is 0. The Bertz CT molecular complexity index is 216. The van der Waals surface area contributed by atoms with Crippen LogP contribution < -0.4 is 0 Å². The Kier molecular flexibility index (Phi) is 2.25. The van der Waals surface area contributed by atoms with Crippen LogP contribution >= 0.6 is 0 Å². The average molecular weight is 178 g/mol. The van der Waals surface area contributed by atoms with Gasteiger partial charge in [-0.3, -0.25) is 0 Å². The van der Waals surface area contributed by atoms with Crippen LogP contribution in [0.1, 0.15) is 52.4 Å². The van der Waals surface area contributed by atoms with Crippen molar-refractivity contribution in [2.45, 2.75) is 52.4 Å². The molecular weight excluding hydrogens is 156 g/mol. The van der Waals surface area contributed by atoms with Crippen molar-refractivity contribution in [3.63, 3.8) is 0 Å². The molecule has 74 valence electrons. The van der Waals surface area contributed by atoms with E-state index in [-0.39, 0.29) is 0 Å². The third-order valence-electron chi connectivity index (χ3n) is 4.67. The van der Waals surface area contributed by atoms with Crippen LogP contribution in [0.25, 0.3) is 0 Å². The zero-order valence-corrected chi connectivity index (χ0v) is 9.10. The Morgan fingerprint density at radius 3 is 2.85 bits per heavy atom. The van der Waals surface area contributed by atoms with Crippen molar-refractivity contribution in [2.75, 3.05) is 0 Å². The van der Waals surface area contributed by atoms with E-state index >= 15 is 0 Å². The molecule has 0 aromatic heterocycles. The molecular formula is C13H22. The van der Waals surface area contributed by atoms with Gasteiger partial charge in [0.25, 0.3) is 0 Å². The zero-order valence-electron chi connectivity index (χ0n) is 9.10. The summed E-state index contributed by atoms with van der Waals surface area (Å²) in [4.78, 5) is 0. The molecule has 0 amide bonds. The average Bonchev–Trinajstić information content (AvgIpc) is 2.12. The van der Waals surface area contributed by atoms with Gasteiger partial charge in [0.15, 0.2) is 0 Å². The molecule has 2 rings (SSSR count). The van der Waals surface area contributed by atoms with Gasteiger partial charge >= 0.3 is 0 Å². The number of hydrogen-bond acceptors (Lipinski definition) is 0. The van der Waals surface area contributed by atoms with Crippen LogP contribution in [0.15, 0.2) is 12.2 Å². The first-order chi connectivity index (χ1) is 6.13. The maximum Gasteiger partial charge on any atom is -0.0201 e. The molecule has 2 fully saturated rings. The van der Waals surface area contributed by atoms with Gasteiger partial charge in [-0.25, -0.2) is 0 Å². The highest BCUT2D eigenvalue weighted by molar-refractivity contribution is 5.10. The Balaban J connectivity index is 2.19. The third kappa shape index (κ3) is 1.45. The van der Waals surface area contributed by atoms with Crippen molar-refractivity contribution >= 4 is 0 Å². The molecule has 2 aliphatic rings. The first-order valence-electron chi connectivity index (χ1n) is 5.81. The predicted molar refractivity (Wildman–Crippen MR) is 57.6 cm³/mol. The molecule has 0 spiro atoms. The molecule has 13 heavy (non-hydrogen) atoms. The van der Waals surface area contributed by atoms with Crippen LogP contribution in [0, 0.1) is 17.3 Å². The Labute approximate surface area is 82.4 Å². The third-order valence-corrected chi connectivity index (χ3v) is 4.67. The van der Waals surface area contributed by atoms with Gasteiger partial charge < -0.3 is 0 Å².